The van der Waals surface area contributed by atoms with Crippen molar-refractivity contribution in [2.24, 2.45) is 0 Å². The zero-order chi connectivity index (χ0) is 21.1. The largest absolute Gasteiger partial charge is 0.327 e. The van der Waals surface area contributed by atoms with E-state index in [4.69, 9.17) is 0 Å². The molecule has 158 valence electrons. The Balaban J connectivity index is 1.51. The van der Waals surface area contributed by atoms with Crippen molar-refractivity contribution >= 4 is 11.9 Å². The van der Waals surface area contributed by atoms with E-state index < -0.39 is 5.54 Å². The molecule has 0 saturated carbocycles. The van der Waals surface area contributed by atoms with Gasteiger partial charge in [-0.05, 0) is 50.3 Å². The number of rotatable bonds is 6. The van der Waals surface area contributed by atoms with E-state index in [-0.39, 0.29) is 18.0 Å². The number of carbonyl (C=O) groups excluding carboxylic acids is 2. The molecule has 6 heteroatoms. The van der Waals surface area contributed by atoms with Crippen LogP contribution < -0.4 is 0 Å². The first-order valence-electron chi connectivity index (χ1n) is 10.8. The minimum absolute atomic E-state index is 0.0170. The van der Waals surface area contributed by atoms with Crippen molar-refractivity contribution in [3.8, 4) is 0 Å². The summed E-state index contributed by atoms with van der Waals surface area (Å²) in [5, 5.41) is 0. The highest BCUT2D eigenvalue weighted by atomic mass is 16.2. The molecule has 0 aliphatic carbocycles. The highest BCUT2D eigenvalue weighted by molar-refractivity contribution is 6.07. The number of hydrogen-bond acceptors (Lipinski definition) is 4. The normalized spacial score (nSPS) is 19.3. The molecular formula is C24H30N4O2. The van der Waals surface area contributed by atoms with E-state index in [2.05, 4.69) is 28.1 Å². The molecule has 1 spiro atoms. The minimum atomic E-state index is -0.707. The van der Waals surface area contributed by atoms with Gasteiger partial charge in [-0.1, -0.05) is 36.4 Å². The molecule has 2 saturated heterocycles. The lowest BCUT2D eigenvalue weighted by molar-refractivity contribution is -0.136. The van der Waals surface area contributed by atoms with Crippen LogP contribution in [0.1, 0.15) is 37.8 Å². The number of urea groups is 1. The van der Waals surface area contributed by atoms with Crippen molar-refractivity contribution in [1.82, 2.24) is 19.7 Å². The van der Waals surface area contributed by atoms with Crippen LogP contribution in [-0.4, -0.2) is 62.8 Å². The zero-order valence-electron chi connectivity index (χ0n) is 17.8. The first-order chi connectivity index (χ1) is 14.5. The molecule has 1 aromatic heterocycles. The summed E-state index contributed by atoms with van der Waals surface area (Å²) < 4.78 is 0. The van der Waals surface area contributed by atoms with Gasteiger partial charge in [0.1, 0.15) is 5.54 Å². The lowest BCUT2D eigenvalue weighted by Gasteiger charge is -2.42. The Labute approximate surface area is 178 Å². The van der Waals surface area contributed by atoms with Gasteiger partial charge in [0.25, 0.3) is 5.91 Å². The summed E-state index contributed by atoms with van der Waals surface area (Å²) in [7, 11) is 0. The second kappa shape index (κ2) is 8.56. The number of piperidine rings is 1. The van der Waals surface area contributed by atoms with Gasteiger partial charge < -0.3 is 4.90 Å². The molecule has 0 N–H and O–H groups in total. The molecule has 6 nitrogen and oxygen atoms in total. The van der Waals surface area contributed by atoms with E-state index in [0.29, 0.717) is 19.4 Å². The fraction of sp³-hybridized carbons (Fsp3) is 0.458. The number of hydrogen-bond donors (Lipinski definition) is 0. The minimum Gasteiger partial charge on any atom is -0.309 e. The molecule has 2 aliphatic heterocycles. The summed E-state index contributed by atoms with van der Waals surface area (Å²) in [6.07, 6.45) is 5.78. The van der Waals surface area contributed by atoms with Crippen molar-refractivity contribution in [3.63, 3.8) is 0 Å². The highest BCUT2D eigenvalue weighted by Crippen LogP contribution is 2.38. The standard InChI is InChI=1S/C24H30N4O2/c1-19(2)28-22(29)24(27(23(28)30)14-10-20-7-4-3-5-8-20)11-15-26(16-12-24)18-21-9-6-13-25-17-21/h3-9,13,17,19H,10-12,14-16,18H2,1-2H3. The second-order valence-electron chi connectivity index (χ2n) is 8.61. The monoisotopic (exact) mass is 406 g/mol. The Morgan fingerprint density at radius 2 is 1.70 bits per heavy atom. The Morgan fingerprint density at radius 1 is 1.00 bits per heavy atom. The number of carbonyl (C=O) groups is 2. The first kappa shape index (κ1) is 20.5. The predicted octanol–water partition coefficient (Wildman–Crippen LogP) is 3.33. The first-order valence-corrected chi connectivity index (χ1v) is 10.8. The van der Waals surface area contributed by atoms with Crippen LogP contribution in [-0.2, 0) is 17.8 Å². The Bertz CT molecular complexity index is 877. The van der Waals surface area contributed by atoms with Crippen LogP contribution in [0.3, 0.4) is 0 Å². The van der Waals surface area contributed by atoms with Gasteiger partial charge in [-0.2, -0.15) is 0 Å². The van der Waals surface area contributed by atoms with E-state index in [1.54, 1.807) is 6.20 Å². The van der Waals surface area contributed by atoms with Crippen molar-refractivity contribution in [3.05, 3.63) is 66.0 Å². The number of benzene rings is 1. The zero-order valence-corrected chi connectivity index (χ0v) is 17.8. The molecule has 30 heavy (non-hydrogen) atoms. The molecular weight excluding hydrogens is 376 g/mol. The molecule has 3 amide bonds. The second-order valence-corrected chi connectivity index (χ2v) is 8.61. The fourth-order valence-electron chi connectivity index (χ4n) is 4.70. The van der Waals surface area contributed by atoms with Crippen LogP contribution in [0.5, 0.6) is 0 Å². The number of likely N-dealkylation sites (tertiary alicyclic amines) is 1. The maximum atomic E-state index is 13.5. The van der Waals surface area contributed by atoms with Gasteiger partial charge in [0.2, 0.25) is 0 Å². The van der Waals surface area contributed by atoms with Crippen molar-refractivity contribution < 1.29 is 9.59 Å². The van der Waals surface area contributed by atoms with Crippen LogP contribution in [0.2, 0.25) is 0 Å². The van der Waals surface area contributed by atoms with Crippen molar-refractivity contribution in [2.75, 3.05) is 19.6 Å². The molecule has 1 aromatic carbocycles. The number of pyridine rings is 1. The Kier molecular flexibility index (Phi) is 5.86. The number of aromatic nitrogens is 1. The molecule has 4 rings (SSSR count). The van der Waals surface area contributed by atoms with E-state index in [0.717, 1.165) is 26.1 Å². The third-order valence-corrected chi connectivity index (χ3v) is 6.37. The molecule has 2 aliphatic rings. The average Bonchev–Trinajstić information content (AvgIpc) is 2.96. The molecule has 0 atom stereocenters. The Hall–Kier alpha value is -2.73. The number of nitrogens with zero attached hydrogens (tertiary/aromatic N) is 4. The Morgan fingerprint density at radius 3 is 2.33 bits per heavy atom. The van der Waals surface area contributed by atoms with Crippen LogP contribution >= 0.6 is 0 Å². The summed E-state index contributed by atoms with van der Waals surface area (Å²) in [6.45, 7) is 6.82. The van der Waals surface area contributed by atoms with Gasteiger partial charge >= 0.3 is 6.03 Å². The summed E-state index contributed by atoms with van der Waals surface area (Å²) >= 11 is 0. The summed E-state index contributed by atoms with van der Waals surface area (Å²) in [5.41, 5.74) is 1.65. The molecule has 2 aromatic rings. The highest BCUT2D eigenvalue weighted by Gasteiger charge is 2.58. The molecule has 0 unspecified atom stereocenters. The van der Waals surface area contributed by atoms with Crippen molar-refractivity contribution in [2.45, 2.75) is 51.2 Å². The lowest BCUT2D eigenvalue weighted by Crippen LogP contribution is -2.56. The molecule has 2 fully saturated rings. The van der Waals surface area contributed by atoms with Gasteiger partial charge in [-0.3, -0.25) is 19.6 Å². The summed E-state index contributed by atoms with van der Waals surface area (Å²) in [4.78, 5) is 36.6. The summed E-state index contributed by atoms with van der Waals surface area (Å²) in [5.74, 6) is -0.0170. The predicted molar refractivity (Wildman–Crippen MR) is 116 cm³/mol. The smallest absolute Gasteiger partial charge is 0.309 e. The maximum absolute atomic E-state index is 13.5. The van der Waals surface area contributed by atoms with Crippen molar-refractivity contribution in [1.29, 1.82) is 0 Å². The van der Waals surface area contributed by atoms with E-state index >= 15 is 0 Å². The van der Waals surface area contributed by atoms with E-state index in [1.165, 1.54) is 16.0 Å². The molecule has 3 heterocycles. The van der Waals surface area contributed by atoms with Crippen LogP contribution in [0, 0.1) is 0 Å². The molecule has 0 radical (unpaired) electrons. The van der Waals surface area contributed by atoms with Gasteiger partial charge in [0.15, 0.2) is 0 Å². The van der Waals surface area contributed by atoms with Gasteiger partial charge in [-0.15, -0.1) is 0 Å². The average molecular weight is 407 g/mol. The van der Waals surface area contributed by atoms with E-state index in [1.807, 2.05) is 49.2 Å². The summed E-state index contributed by atoms with van der Waals surface area (Å²) in [6, 6.07) is 13.9. The van der Waals surface area contributed by atoms with E-state index in [9.17, 15) is 9.59 Å². The maximum Gasteiger partial charge on any atom is 0.327 e. The number of amides is 3. The third-order valence-electron chi connectivity index (χ3n) is 6.37. The topological polar surface area (TPSA) is 56.8 Å². The fourth-order valence-corrected chi connectivity index (χ4v) is 4.70. The lowest BCUT2D eigenvalue weighted by atomic mass is 9.85. The van der Waals surface area contributed by atoms with Crippen LogP contribution in [0.4, 0.5) is 4.79 Å². The van der Waals surface area contributed by atoms with Gasteiger partial charge in [0, 0.05) is 44.6 Å². The molecule has 0 bridgehead atoms. The SMILES string of the molecule is CC(C)N1C(=O)N(CCc2ccccc2)C2(CCN(Cc3cccnc3)CC2)C1=O. The van der Waals surface area contributed by atoms with Crippen LogP contribution in [0.15, 0.2) is 54.9 Å². The van der Waals surface area contributed by atoms with Gasteiger partial charge in [-0.25, -0.2) is 4.79 Å². The quantitative estimate of drug-likeness (QED) is 0.691. The van der Waals surface area contributed by atoms with Gasteiger partial charge in [0.05, 0.1) is 0 Å². The number of imide groups is 1. The third kappa shape index (κ3) is 3.84. The van der Waals surface area contributed by atoms with Crippen LogP contribution in [0.25, 0.3) is 0 Å².